The lowest BCUT2D eigenvalue weighted by molar-refractivity contribution is 0.0692. The first-order chi connectivity index (χ1) is 6.20. The molecule has 0 spiro atoms. The minimum absolute atomic E-state index is 0.147. The summed E-state index contributed by atoms with van der Waals surface area (Å²) >= 11 is 2.12. The number of rotatable bonds is 1. The molecule has 1 aromatic carbocycles. The fourth-order valence-electron chi connectivity index (χ4n) is 1.17. The molecule has 5 heteroatoms. The number of hydrogen-bond donors (Lipinski definition) is 2. The van der Waals surface area contributed by atoms with Crippen LogP contribution in [0.25, 0.3) is 10.9 Å². The Morgan fingerprint density at radius 1 is 1.54 bits per heavy atom. The number of aromatic carboxylic acids is 1. The van der Waals surface area contributed by atoms with Crippen molar-refractivity contribution in [2.24, 2.45) is 0 Å². The summed E-state index contributed by atoms with van der Waals surface area (Å²) < 4.78 is 0.943. The van der Waals surface area contributed by atoms with Crippen LogP contribution < -0.4 is 0 Å². The van der Waals surface area contributed by atoms with E-state index < -0.39 is 5.97 Å². The van der Waals surface area contributed by atoms with E-state index in [2.05, 4.69) is 32.8 Å². The van der Waals surface area contributed by atoms with Gasteiger partial charge in [0.2, 0.25) is 0 Å². The van der Waals surface area contributed by atoms with E-state index in [0.29, 0.717) is 10.9 Å². The Morgan fingerprint density at radius 3 is 3.00 bits per heavy atom. The number of aromatic nitrogens is 2. The molecule has 0 amide bonds. The van der Waals surface area contributed by atoms with Gasteiger partial charge in [0, 0.05) is 8.96 Å². The van der Waals surface area contributed by atoms with Gasteiger partial charge in [0.05, 0.1) is 0 Å². The Bertz CT molecular complexity index is 478. The van der Waals surface area contributed by atoms with Crippen LogP contribution in [0, 0.1) is 3.57 Å². The predicted octanol–water partition coefficient (Wildman–Crippen LogP) is 1.87. The van der Waals surface area contributed by atoms with Crippen LogP contribution in [0.2, 0.25) is 0 Å². The van der Waals surface area contributed by atoms with Gasteiger partial charge in [-0.15, -0.1) is 0 Å². The molecular weight excluding hydrogens is 283 g/mol. The van der Waals surface area contributed by atoms with Crippen LogP contribution in [0.4, 0.5) is 0 Å². The minimum atomic E-state index is -0.982. The summed E-state index contributed by atoms with van der Waals surface area (Å²) in [6, 6.07) is 5.44. The molecule has 4 nitrogen and oxygen atoms in total. The summed E-state index contributed by atoms with van der Waals surface area (Å²) in [5, 5.41) is 15.9. The van der Waals surface area contributed by atoms with Crippen LogP contribution in [0.1, 0.15) is 10.5 Å². The van der Waals surface area contributed by atoms with Crippen molar-refractivity contribution >= 4 is 39.5 Å². The molecule has 0 fully saturated rings. The molecule has 0 saturated heterocycles. The van der Waals surface area contributed by atoms with Crippen LogP contribution in [-0.2, 0) is 0 Å². The molecule has 2 aromatic rings. The van der Waals surface area contributed by atoms with Crippen molar-refractivity contribution in [3.05, 3.63) is 27.5 Å². The number of para-hydroxylation sites is 1. The second-order valence-corrected chi connectivity index (χ2v) is 3.70. The summed E-state index contributed by atoms with van der Waals surface area (Å²) in [6.45, 7) is 0. The Balaban J connectivity index is 2.83. The van der Waals surface area contributed by atoms with Gasteiger partial charge >= 0.3 is 5.97 Å². The maximum absolute atomic E-state index is 10.7. The van der Waals surface area contributed by atoms with E-state index in [9.17, 15) is 4.79 Å². The third kappa shape index (κ3) is 1.28. The normalized spacial score (nSPS) is 10.5. The van der Waals surface area contributed by atoms with E-state index in [0.717, 1.165) is 3.57 Å². The van der Waals surface area contributed by atoms with Crippen molar-refractivity contribution in [2.75, 3.05) is 0 Å². The first kappa shape index (κ1) is 8.49. The summed E-state index contributed by atoms with van der Waals surface area (Å²) in [6.07, 6.45) is 0. The summed E-state index contributed by atoms with van der Waals surface area (Å²) in [4.78, 5) is 10.7. The number of fused-ring (bicyclic) bond motifs is 1. The Labute approximate surface area is 87.1 Å². The van der Waals surface area contributed by atoms with Crippen molar-refractivity contribution in [3.63, 3.8) is 0 Å². The zero-order valence-electron chi connectivity index (χ0n) is 6.41. The number of benzene rings is 1. The highest BCUT2D eigenvalue weighted by Gasteiger charge is 2.12. The minimum Gasteiger partial charge on any atom is -0.477 e. The molecule has 0 aliphatic heterocycles. The first-order valence-corrected chi connectivity index (χ1v) is 4.64. The SMILES string of the molecule is O=C(O)c1[nH]nc2c(I)cccc12. The highest BCUT2D eigenvalue weighted by molar-refractivity contribution is 14.1. The van der Waals surface area contributed by atoms with Crippen molar-refractivity contribution in [1.29, 1.82) is 0 Å². The molecular formula is C8H5IN2O2. The molecule has 0 aliphatic carbocycles. The second kappa shape index (κ2) is 2.99. The summed E-state index contributed by atoms with van der Waals surface area (Å²) in [5.41, 5.74) is 0.856. The second-order valence-electron chi connectivity index (χ2n) is 2.54. The predicted molar refractivity (Wildman–Crippen MR) is 55.8 cm³/mol. The Kier molecular flexibility index (Phi) is 1.95. The lowest BCUT2D eigenvalue weighted by Crippen LogP contribution is -1.96. The third-order valence-corrected chi connectivity index (χ3v) is 2.62. The van der Waals surface area contributed by atoms with Crippen molar-refractivity contribution in [2.45, 2.75) is 0 Å². The number of carboxylic acids is 1. The monoisotopic (exact) mass is 288 g/mol. The van der Waals surface area contributed by atoms with Gasteiger partial charge in [0.1, 0.15) is 5.52 Å². The fraction of sp³-hybridized carbons (Fsp3) is 0. The van der Waals surface area contributed by atoms with Gasteiger partial charge in [0.25, 0.3) is 0 Å². The fourth-order valence-corrected chi connectivity index (χ4v) is 1.78. The molecule has 0 unspecified atom stereocenters. The van der Waals surface area contributed by atoms with E-state index in [1.807, 2.05) is 12.1 Å². The van der Waals surface area contributed by atoms with Crippen molar-refractivity contribution < 1.29 is 9.90 Å². The lowest BCUT2D eigenvalue weighted by atomic mass is 10.2. The molecule has 2 N–H and O–H groups in total. The molecule has 0 atom stereocenters. The Hall–Kier alpha value is -1.11. The van der Waals surface area contributed by atoms with E-state index >= 15 is 0 Å². The number of aromatic amines is 1. The van der Waals surface area contributed by atoms with E-state index in [1.165, 1.54) is 0 Å². The molecule has 2 rings (SSSR count). The van der Waals surface area contributed by atoms with E-state index in [1.54, 1.807) is 6.07 Å². The highest BCUT2D eigenvalue weighted by atomic mass is 127. The van der Waals surface area contributed by atoms with Gasteiger partial charge in [-0.3, -0.25) is 5.10 Å². The molecule has 0 bridgehead atoms. The molecule has 1 aromatic heterocycles. The van der Waals surface area contributed by atoms with Gasteiger partial charge in [-0.25, -0.2) is 4.79 Å². The summed E-state index contributed by atoms with van der Waals surface area (Å²) in [5.74, 6) is -0.982. The highest BCUT2D eigenvalue weighted by Crippen LogP contribution is 2.20. The van der Waals surface area contributed by atoms with Gasteiger partial charge in [-0.2, -0.15) is 5.10 Å². The quantitative estimate of drug-likeness (QED) is 0.787. The molecule has 13 heavy (non-hydrogen) atoms. The summed E-state index contributed by atoms with van der Waals surface area (Å²) in [7, 11) is 0. The topological polar surface area (TPSA) is 66.0 Å². The smallest absolute Gasteiger partial charge is 0.354 e. The van der Waals surface area contributed by atoms with Crippen LogP contribution in [0.15, 0.2) is 18.2 Å². The van der Waals surface area contributed by atoms with E-state index in [4.69, 9.17) is 5.11 Å². The van der Waals surface area contributed by atoms with Crippen molar-refractivity contribution in [1.82, 2.24) is 10.2 Å². The molecule has 0 radical (unpaired) electrons. The third-order valence-electron chi connectivity index (χ3n) is 1.75. The average molecular weight is 288 g/mol. The lowest BCUT2D eigenvalue weighted by Gasteiger charge is -1.91. The van der Waals surface area contributed by atoms with Crippen LogP contribution in [0.5, 0.6) is 0 Å². The molecule has 0 aliphatic rings. The number of halogens is 1. The number of H-pyrrole nitrogens is 1. The largest absolute Gasteiger partial charge is 0.477 e. The number of carboxylic acid groups (broad SMARTS) is 1. The number of nitrogens with one attached hydrogen (secondary N) is 1. The van der Waals surface area contributed by atoms with Gasteiger partial charge < -0.3 is 5.11 Å². The first-order valence-electron chi connectivity index (χ1n) is 3.56. The molecule has 1 heterocycles. The molecule has 66 valence electrons. The zero-order valence-corrected chi connectivity index (χ0v) is 8.57. The van der Waals surface area contributed by atoms with Crippen molar-refractivity contribution in [3.8, 4) is 0 Å². The van der Waals surface area contributed by atoms with Gasteiger partial charge in [-0.1, -0.05) is 12.1 Å². The zero-order chi connectivity index (χ0) is 9.42. The Morgan fingerprint density at radius 2 is 2.31 bits per heavy atom. The van der Waals surface area contributed by atoms with Gasteiger partial charge in [0.15, 0.2) is 5.69 Å². The number of hydrogen-bond acceptors (Lipinski definition) is 2. The molecule has 0 saturated carbocycles. The number of nitrogens with zero attached hydrogens (tertiary/aromatic N) is 1. The van der Waals surface area contributed by atoms with Gasteiger partial charge in [-0.05, 0) is 28.7 Å². The average Bonchev–Trinajstić information content (AvgIpc) is 2.48. The van der Waals surface area contributed by atoms with Crippen LogP contribution in [-0.4, -0.2) is 21.3 Å². The van der Waals surface area contributed by atoms with E-state index in [-0.39, 0.29) is 5.69 Å². The standard InChI is InChI=1S/C8H5IN2O2/c9-5-3-1-2-4-6(5)10-11-7(4)8(12)13/h1-3H,(H,10,11)(H,12,13). The maximum atomic E-state index is 10.7. The number of carbonyl (C=O) groups is 1. The van der Waals surface area contributed by atoms with Crippen LogP contribution >= 0.6 is 22.6 Å². The van der Waals surface area contributed by atoms with Crippen LogP contribution in [0.3, 0.4) is 0 Å². The maximum Gasteiger partial charge on any atom is 0.354 e.